The molecule has 9 heteroatoms. The first-order chi connectivity index (χ1) is 14.8. The zero-order chi connectivity index (χ0) is 22.4. The van der Waals surface area contributed by atoms with E-state index in [1.165, 1.54) is 61.5 Å². The molecule has 0 fully saturated rings. The lowest BCUT2D eigenvalue weighted by Gasteiger charge is -2.15. The number of rotatable bonds is 7. The third kappa shape index (κ3) is 5.86. The number of hydrogen-bond donors (Lipinski definition) is 2. The maximum Gasteiger partial charge on any atom is 0.269 e. The van der Waals surface area contributed by atoms with E-state index < -0.39 is 28.7 Å². The number of non-ortho nitro benzene ring substituents is 1. The molecule has 0 heterocycles. The molecule has 0 aromatic heterocycles. The summed E-state index contributed by atoms with van der Waals surface area (Å²) in [7, 11) is 0. The van der Waals surface area contributed by atoms with Crippen LogP contribution in [0.4, 0.5) is 21.5 Å². The van der Waals surface area contributed by atoms with E-state index >= 15 is 0 Å². The van der Waals surface area contributed by atoms with Crippen molar-refractivity contribution in [3.63, 3.8) is 0 Å². The van der Waals surface area contributed by atoms with Crippen molar-refractivity contribution in [3.8, 4) is 5.75 Å². The highest BCUT2D eigenvalue weighted by Crippen LogP contribution is 2.19. The smallest absolute Gasteiger partial charge is 0.269 e. The summed E-state index contributed by atoms with van der Waals surface area (Å²) in [5, 5.41) is 16.0. The molecule has 3 aromatic carbocycles. The van der Waals surface area contributed by atoms with Gasteiger partial charge in [-0.25, -0.2) is 4.39 Å². The first-order valence-electron chi connectivity index (χ1n) is 9.21. The highest BCUT2D eigenvalue weighted by atomic mass is 19.1. The zero-order valence-electron chi connectivity index (χ0n) is 16.4. The number of nitro benzene ring substituents is 1. The Morgan fingerprint density at radius 1 is 0.968 bits per heavy atom. The van der Waals surface area contributed by atoms with Gasteiger partial charge in [0, 0.05) is 29.1 Å². The second-order valence-corrected chi connectivity index (χ2v) is 6.54. The van der Waals surface area contributed by atoms with Crippen molar-refractivity contribution in [2.75, 3.05) is 10.6 Å². The molecule has 0 saturated carbocycles. The molecule has 0 aliphatic rings. The minimum atomic E-state index is -0.891. The minimum absolute atomic E-state index is 0.0832. The molecule has 0 bridgehead atoms. The average Bonchev–Trinajstić information content (AvgIpc) is 2.76. The summed E-state index contributed by atoms with van der Waals surface area (Å²) in [6.07, 6.45) is -0.891. The van der Waals surface area contributed by atoms with E-state index in [0.717, 1.165) is 0 Å². The predicted molar refractivity (Wildman–Crippen MR) is 113 cm³/mol. The SMILES string of the molecule is CC(Oc1ccc([N+](=O)[O-])cc1)C(=O)Nc1cccc(C(=O)Nc2ccc(F)cc2)c1. The van der Waals surface area contributed by atoms with E-state index in [-0.39, 0.29) is 5.69 Å². The fourth-order valence-electron chi connectivity index (χ4n) is 2.62. The molecule has 2 N–H and O–H groups in total. The average molecular weight is 423 g/mol. The van der Waals surface area contributed by atoms with Crippen LogP contribution in [0.2, 0.25) is 0 Å². The maximum atomic E-state index is 13.0. The van der Waals surface area contributed by atoms with Gasteiger partial charge in [-0.15, -0.1) is 0 Å². The number of ether oxygens (including phenoxy) is 1. The summed E-state index contributed by atoms with van der Waals surface area (Å²) in [5.74, 6) is -0.985. The Morgan fingerprint density at radius 3 is 2.29 bits per heavy atom. The molecular formula is C22H18FN3O5. The second-order valence-electron chi connectivity index (χ2n) is 6.54. The van der Waals surface area contributed by atoms with Crippen LogP contribution in [0.3, 0.4) is 0 Å². The van der Waals surface area contributed by atoms with E-state index in [9.17, 15) is 24.1 Å². The highest BCUT2D eigenvalue weighted by molar-refractivity contribution is 6.05. The van der Waals surface area contributed by atoms with Crippen LogP contribution in [0.15, 0.2) is 72.8 Å². The number of carbonyl (C=O) groups is 2. The Bertz CT molecular complexity index is 1100. The van der Waals surface area contributed by atoms with E-state index in [0.29, 0.717) is 22.7 Å². The molecule has 1 atom stereocenters. The Morgan fingerprint density at radius 2 is 1.65 bits per heavy atom. The van der Waals surface area contributed by atoms with Gasteiger partial charge in [0.05, 0.1) is 4.92 Å². The molecule has 8 nitrogen and oxygen atoms in total. The summed E-state index contributed by atoms with van der Waals surface area (Å²) in [6.45, 7) is 1.53. The van der Waals surface area contributed by atoms with Gasteiger partial charge < -0.3 is 15.4 Å². The molecule has 2 amide bonds. The van der Waals surface area contributed by atoms with E-state index in [1.54, 1.807) is 18.2 Å². The van der Waals surface area contributed by atoms with Crippen LogP contribution in [-0.4, -0.2) is 22.8 Å². The van der Waals surface area contributed by atoms with Gasteiger partial charge in [0.25, 0.3) is 17.5 Å². The lowest BCUT2D eigenvalue weighted by molar-refractivity contribution is -0.384. The van der Waals surface area contributed by atoms with E-state index in [4.69, 9.17) is 4.74 Å². The predicted octanol–water partition coefficient (Wildman–Crippen LogP) is 4.39. The number of hydrogen-bond acceptors (Lipinski definition) is 5. The van der Waals surface area contributed by atoms with Gasteiger partial charge in [-0.2, -0.15) is 0 Å². The molecule has 0 spiro atoms. The molecule has 0 saturated heterocycles. The highest BCUT2D eigenvalue weighted by Gasteiger charge is 2.16. The molecule has 3 rings (SSSR count). The van der Waals surface area contributed by atoms with Crippen LogP contribution < -0.4 is 15.4 Å². The quantitative estimate of drug-likeness (QED) is 0.432. The Hall–Kier alpha value is -4.27. The first kappa shape index (κ1) is 21.4. The molecule has 1 unspecified atom stereocenters. The van der Waals surface area contributed by atoms with Crippen LogP contribution in [0.1, 0.15) is 17.3 Å². The molecule has 3 aromatic rings. The standard InChI is InChI=1S/C22H18FN3O5/c1-14(31-20-11-9-19(10-12-20)26(29)30)21(27)25-18-4-2-3-15(13-18)22(28)24-17-7-5-16(23)6-8-17/h2-14H,1H3,(H,24,28)(H,25,27). The van der Waals surface area contributed by atoms with Gasteiger partial charge in [-0.3, -0.25) is 19.7 Å². The van der Waals surface area contributed by atoms with Crippen molar-refractivity contribution in [2.24, 2.45) is 0 Å². The second kappa shape index (κ2) is 9.49. The maximum absolute atomic E-state index is 13.0. The van der Waals surface area contributed by atoms with Gasteiger partial charge >= 0.3 is 0 Å². The van der Waals surface area contributed by atoms with Crippen molar-refractivity contribution in [2.45, 2.75) is 13.0 Å². The fourth-order valence-corrected chi connectivity index (χ4v) is 2.62. The normalized spacial score (nSPS) is 11.3. The Kier molecular flexibility index (Phi) is 6.56. The lowest BCUT2D eigenvalue weighted by Crippen LogP contribution is -2.30. The zero-order valence-corrected chi connectivity index (χ0v) is 16.4. The minimum Gasteiger partial charge on any atom is -0.481 e. The molecule has 31 heavy (non-hydrogen) atoms. The topological polar surface area (TPSA) is 111 Å². The first-order valence-corrected chi connectivity index (χ1v) is 9.21. The van der Waals surface area contributed by atoms with Crippen molar-refractivity contribution in [1.29, 1.82) is 0 Å². The summed E-state index contributed by atoms with van der Waals surface area (Å²) in [5.41, 5.74) is 1.04. The van der Waals surface area contributed by atoms with Crippen LogP contribution in [0.5, 0.6) is 5.75 Å². The van der Waals surface area contributed by atoms with Crippen molar-refractivity contribution < 1.29 is 23.6 Å². The largest absolute Gasteiger partial charge is 0.481 e. The third-order valence-corrected chi connectivity index (χ3v) is 4.22. The van der Waals surface area contributed by atoms with Crippen LogP contribution in [0.25, 0.3) is 0 Å². The van der Waals surface area contributed by atoms with Crippen LogP contribution >= 0.6 is 0 Å². The number of halogens is 1. The molecular weight excluding hydrogens is 405 g/mol. The summed E-state index contributed by atoms with van der Waals surface area (Å²) in [4.78, 5) is 35.0. The van der Waals surface area contributed by atoms with Gasteiger partial charge in [0.1, 0.15) is 11.6 Å². The van der Waals surface area contributed by atoms with Crippen LogP contribution in [0, 0.1) is 15.9 Å². The Balaban J connectivity index is 1.61. The lowest BCUT2D eigenvalue weighted by atomic mass is 10.1. The number of carbonyl (C=O) groups excluding carboxylic acids is 2. The number of nitrogens with zero attached hydrogens (tertiary/aromatic N) is 1. The summed E-state index contributed by atoms with van der Waals surface area (Å²) < 4.78 is 18.5. The molecule has 0 aliphatic carbocycles. The number of nitrogens with one attached hydrogen (secondary N) is 2. The fraction of sp³-hybridized carbons (Fsp3) is 0.0909. The molecule has 158 valence electrons. The number of benzene rings is 3. The number of anilines is 2. The van der Waals surface area contributed by atoms with E-state index in [2.05, 4.69) is 10.6 Å². The van der Waals surface area contributed by atoms with Gasteiger partial charge in [0.15, 0.2) is 6.10 Å². The van der Waals surface area contributed by atoms with Crippen LogP contribution in [-0.2, 0) is 4.79 Å². The third-order valence-electron chi connectivity index (χ3n) is 4.22. The molecule has 0 radical (unpaired) electrons. The monoisotopic (exact) mass is 423 g/mol. The van der Waals surface area contributed by atoms with Crippen molar-refractivity contribution >= 4 is 28.9 Å². The van der Waals surface area contributed by atoms with Crippen molar-refractivity contribution in [1.82, 2.24) is 0 Å². The Labute approximate surface area is 176 Å². The summed E-state index contributed by atoms with van der Waals surface area (Å²) >= 11 is 0. The molecule has 0 aliphatic heterocycles. The number of nitro groups is 1. The van der Waals surface area contributed by atoms with Gasteiger partial charge in [-0.05, 0) is 61.5 Å². The van der Waals surface area contributed by atoms with E-state index in [1.807, 2.05) is 0 Å². The van der Waals surface area contributed by atoms with Gasteiger partial charge in [-0.1, -0.05) is 6.07 Å². The van der Waals surface area contributed by atoms with Gasteiger partial charge in [0.2, 0.25) is 0 Å². The number of amides is 2. The summed E-state index contributed by atoms with van der Waals surface area (Å²) in [6, 6.07) is 17.0. The van der Waals surface area contributed by atoms with Crippen molar-refractivity contribution in [3.05, 3.63) is 94.3 Å².